The lowest BCUT2D eigenvalue weighted by molar-refractivity contribution is -0.116. The summed E-state index contributed by atoms with van der Waals surface area (Å²) in [5.41, 5.74) is 3.49. The maximum absolute atomic E-state index is 12.1. The van der Waals surface area contributed by atoms with E-state index in [1.165, 1.54) is 11.3 Å². The average Bonchev–Trinajstić information content (AvgIpc) is 2.61. The van der Waals surface area contributed by atoms with E-state index in [1.807, 2.05) is 24.3 Å². The van der Waals surface area contributed by atoms with Gasteiger partial charge in [0, 0.05) is 55.0 Å². The van der Waals surface area contributed by atoms with Crippen LogP contribution in [0.15, 0.2) is 53.0 Å². The van der Waals surface area contributed by atoms with E-state index in [0.717, 1.165) is 42.9 Å². The first-order chi connectivity index (χ1) is 12.1. The Kier molecular flexibility index (Phi) is 6.10. The van der Waals surface area contributed by atoms with Gasteiger partial charge < -0.3 is 10.2 Å². The first kappa shape index (κ1) is 18.0. The van der Waals surface area contributed by atoms with E-state index in [-0.39, 0.29) is 5.91 Å². The van der Waals surface area contributed by atoms with Gasteiger partial charge in [0.1, 0.15) is 0 Å². The molecule has 0 bridgehead atoms. The van der Waals surface area contributed by atoms with Gasteiger partial charge in [0.25, 0.3) is 0 Å². The van der Waals surface area contributed by atoms with E-state index in [9.17, 15) is 4.79 Å². The third-order valence-electron chi connectivity index (χ3n) is 4.59. The molecule has 0 unspecified atom stereocenters. The molecule has 132 valence electrons. The van der Waals surface area contributed by atoms with Gasteiger partial charge in [0.15, 0.2) is 0 Å². The van der Waals surface area contributed by atoms with Crippen molar-refractivity contribution in [3.8, 4) is 0 Å². The molecule has 1 aliphatic heterocycles. The number of benzene rings is 2. The van der Waals surface area contributed by atoms with Gasteiger partial charge in [-0.3, -0.25) is 9.69 Å². The number of nitrogens with zero attached hydrogens (tertiary/aromatic N) is 2. The Labute approximate surface area is 158 Å². The van der Waals surface area contributed by atoms with Crippen molar-refractivity contribution >= 4 is 33.2 Å². The molecule has 3 rings (SSSR count). The Morgan fingerprint density at radius 1 is 1.08 bits per heavy atom. The molecule has 0 radical (unpaired) electrons. The molecule has 2 aromatic rings. The summed E-state index contributed by atoms with van der Waals surface area (Å²) in [6.45, 7) is 6.99. The van der Waals surface area contributed by atoms with Gasteiger partial charge in [-0.2, -0.15) is 0 Å². The van der Waals surface area contributed by atoms with Crippen LogP contribution in [0.4, 0.5) is 11.4 Å². The van der Waals surface area contributed by atoms with Crippen LogP contribution in [0.2, 0.25) is 0 Å². The van der Waals surface area contributed by atoms with Crippen LogP contribution >= 0.6 is 15.9 Å². The zero-order chi connectivity index (χ0) is 17.6. The summed E-state index contributed by atoms with van der Waals surface area (Å²) in [5.74, 6) is 0.0689. The van der Waals surface area contributed by atoms with Gasteiger partial charge in [-0.1, -0.05) is 40.2 Å². The lowest BCUT2D eigenvalue weighted by atomic mass is 10.1. The minimum Gasteiger partial charge on any atom is -0.369 e. The van der Waals surface area contributed by atoms with Gasteiger partial charge >= 0.3 is 0 Å². The van der Waals surface area contributed by atoms with E-state index in [1.54, 1.807) is 0 Å². The quantitative estimate of drug-likeness (QED) is 0.824. The second-order valence-corrected chi connectivity index (χ2v) is 7.34. The third-order valence-corrected chi connectivity index (χ3v) is 5.09. The normalized spacial score (nSPS) is 15.2. The first-order valence-electron chi connectivity index (χ1n) is 8.70. The fourth-order valence-corrected chi connectivity index (χ4v) is 3.58. The molecule has 1 aliphatic rings. The van der Waals surface area contributed by atoms with Crippen molar-refractivity contribution in [3.05, 3.63) is 58.6 Å². The number of halogens is 1. The third kappa shape index (κ3) is 5.06. The van der Waals surface area contributed by atoms with Crippen molar-refractivity contribution in [1.82, 2.24) is 4.90 Å². The molecule has 0 saturated carbocycles. The van der Waals surface area contributed by atoms with Crippen LogP contribution in [0.3, 0.4) is 0 Å². The number of hydrogen-bond donors (Lipinski definition) is 1. The van der Waals surface area contributed by atoms with Crippen LogP contribution < -0.4 is 10.2 Å². The summed E-state index contributed by atoms with van der Waals surface area (Å²) in [6, 6.07) is 16.2. The van der Waals surface area contributed by atoms with Crippen molar-refractivity contribution in [2.24, 2.45) is 0 Å². The molecule has 1 saturated heterocycles. The van der Waals surface area contributed by atoms with Crippen molar-refractivity contribution in [2.45, 2.75) is 13.3 Å². The number of nitrogens with one attached hydrogen (secondary N) is 1. The highest BCUT2D eigenvalue weighted by Crippen LogP contribution is 2.21. The predicted octanol–water partition coefficient (Wildman–Crippen LogP) is 3.91. The standard InChI is InChI=1S/C20H24BrN3O/c1-16-5-2-3-8-19(16)24-13-11-23(12-14-24)10-9-20(25)22-18-7-4-6-17(21)15-18/h2-8,15H,9-14H2,1H3,(H,22,25). The number of piperazine rings is 1. The summed E-state index contributed by atoms with van der Waals surface area (Å²) in [7, 11) is 0. The van der Waals surface area contributed by atoms with Crippen molar-refractivity contribution in [2.75, 3.05) is 42.9 Å². The summed E-state index contributed by atoms with van der Waals surface area (Å²) in [6.07, 6.45) is 0.525. The van der Waals surface area contributed by atoms with Crippen LogP contribution in [0.5, 0.6) is 0 Å². The molecule has 4 nitrogen and oxygen atoms in total. The fraction of sp³-hybridized carbons (Fsp3) is 0.350. The van der Waals surface area contributed by atoms with Crippen molar-refractivity contribution < 1.29 is 4.79 Å². The molecule has 1 fully saturated rings. The van der Waals surface area contributed by atoms with Gasteiger partial charge in [0.2, 0.25) is 5.91 Å². The van der Waals surface area contributed by atoms with Gasteiger partial charge in [0.05, 0.1) is 0 Å². The van der Waals surface area contributed by atoms with Gasteiger partial charge in [-0.05, 0) is 36.8 Å². The molecular formula is C20H24BrN3O. The average molecular weight is 402 g/mol. The minimum absolute atomic E-state index is 0.0689. The van der Waals surface area contributed by atoms with Crippen LogP contribution in [0.1, 0.15) is 12.0 Å². The maximum Gasteiger partial charge on any atom is 0.225 e. The predicted molar refractivity (Wildman–Crippen MR) is 107 cm³/mol. The number of aryl methyl sites for hydroxylation is 1. The largest absolute Gasteiger partial charge is 0.369 e. The molecule has 2 aromatic carbocycles. The Morgan fingerprint density at radius 3 is 2.56 bits per heavy atom. The molecule has 0 aliphatic carbocycles. The Hall–Kier alpha value is -1.85. The summed E-state index contributed by atoms with van der Waals surface area (Å²) in [4.78, 5) is 16.9. The first-order valence-corrected chi connectivity index (χ1v) is 9.49. The zero-order valence-electron chi connectivity index (χ0n) is 14.5. The van der Waals surface area contributed by atoms with Crippen molar-refractivity contribution in [3.63, 3.8) is 0 Å². The summed E-state index contributed by atoms with van der Waals surface area (Å²) >= 11 is 3.42. The van der Waals surface area contributed by atoms with Crippen LogP contribution in [0, 0.1) is 6.92 Å². The number of para-hydroxylation sites is 1. The number of carbonyl (C=O) groups excluding carboxylic acids is 1. The van der Waals surface area contributed by atoms with Crippen molar-refractivity contribution in [1.29, 1.82) is 0 Å². The molecule has 0 aromatic heterocycles. The second-order valence-electron chi connectivity index (χ2n) is 6.42. The van der Waals surface area contributed by atoms with Crippen LogP contribution in [-0.2, 0) is 4.79 Å². The van der Waals surface area contributed by atoms with E-state index < -0.39 is 0 Å². The number of amides is 1. The van der Waals surface area contributed by atoms with E-state index in [2.05, 4.69) is 62.2 Å². The smallest absolute Gasteiger partial charge is 0.225 e. The maximum atomic E-state index is 12.1. The molecule has 0 spiro atoms. The molecule has 1 N–H and O–H groups in total. The second kappa shape index (κ2) is 8.50. The molecule has 1 heterocycles. The molecule has 5 heteroatoms. The SMILES string of the molecule is Cc1ccccc1N1CCN(CCC(=O)Nc2cccc(Br)c2)CC1. The highest BCUT2D eigenvalue weighted by molar-refractivity contribution is 9.10. The van der Waals surface area contributed by atoms with E-state index in [0.29, 0.717) is 6.42 Å². The number of anilines is 2. The Bertz CT molecular complexity index is 726. The molecular weight excluding hydrogens is 378 g/mol. The number of carbonyl (C=O) groups is 1. The van der Waals surface area contributed by atoms with Crippen LogP contribution in [0.25, 0.3) is 0 Å². The summed E-state index contributed by atoms with van der Waals surface area (Å²) < 4.78 is 0.970. The summed E-state index contributed by atoms with van der Waals surface area (Å²) in [5, 5.41) is 2.96. The molecule has 1 amide bonds. The topological polar surface area (TPSA) is 35.6 Å². The lowest BCUT2D eigenvalue weighted by Gasteiger charge is -2.36. The highest BCUT2D eigenvalue weighted by atomic mass is 79.9. The fourth-order valence-electron chi connectivity index (χ4n) is 3.18. The Morgan fingerprint density at radius 2 is 1.84 bits per heavy atom. The highest BCUT2D eigenvalue weighted by Gasteiger charge is 2.18. The number of rotatable bonds is 5. The van der Waals surface area contributed by atoms with Crippen LogP contribution in [-0.4, -0.2) is 43.5 Å². The molecule has 0 atom stereocenters. The molecule has 25 heavy (non-hydrogen) atoms. The van der Waals surface area contributed by atoms with Gasteiger partial charge in [-0.25, -0.2) is 0 Å². The lowest BCUT2D eigenvalue weighted by Crippen LogP contribution is -2.47. The Balaban J connectivity index is 1.43. The zero-order valence-corrected chi connectivity index (χ0v) is 16.1. The number of hydrogen-bond acceptors (Lipinski definition) is 3. The van der Waals surface area contributed by atoms with E-state index in [4.69, 9.17) is 0 Å². The monoisotopic (exact) mass is 401 g/mol. The van der Waals surface area contributed by atoms with E-state index >= 15 is 0 Å². The minimum atomic E-state index is 0.0689. The van der Waals surface area contributed by atoms with Gasteiger partial charge in [-0.15, -0.1) is 0 Å².